The molecule has 4 nitrogen and oxygen atoms in total. The number of nitrogens with zero attached hydrogens (tertiary/aromatic N) is 1. The van der Waals surface area contributed by atoms with Gasteiger partial charge in [-0.3, -0.25) is 4.79 Å². The van der Waals surface area contributed by atoms with Gasteiger partial charge in [-0.15, -0.1) is 0 Å². The average molecular weight is 386 g/mol. The van der Waals surface area contributed by atoms with Crippen molar-refractivity contribution < 1.29 is 9.32 Å². The third-order valence-electron chi connectivity index (χ3n) is 6.45. The number of nitrogens with one attached hydrogen (secondary N) is 1. The fourth-order valence-electron chi connectivity index (χ4n) is 4.81. The van der Waals surface area contributed by atoms with Gasteiger partial charge in [0.15, 0.2) is 11.5 Å². The number of aromatic nitrogens is 1. The standard InChI is InChI=1S/C25H26N2O2/c28-25(26-22-15-14-19-8-4-5-9-21(19)22)23-16-24(29-27-23)20-12-10-18(11-13-20)17-6-2-1-3-7-17/h4-5,8-13,16-17,22H,1-3,6-7,14-15H2,(H,26,28)/t22-/m1/s1. The maximum atomic E-state index is 12.7. The lowest BCUT2D eigenvalue weighted by Crippen LogP contribution is -2.27. The van der Waals surface area contributed by atoms with E-state index in [2.05, 4.69) is 46.9 Å². The number of benzene rings is 2. The van der Waals surface area contributed by atoms with E-state index in [9.17, 15) is 4.79 Å². The van der Waals surface area contributed by atoms with E-state index in [4.69, 9.17) is 4.52 Å². The number of carbonyl (C=O) groups is 1. The Morgan fingerprint density at radius 2 is 1.76 bits per heavy atom. The van der Waals surface area contributed by atoms with Gasteiger partial charge in [0.25, 0.3) is 5.91 Å². The van der Waals surface area contributed by atoms with E-state index in [1.54, 1.807) is 6.07 Å². The van der Waals surface area contributed by atoms with E-state index in [1.807, 2.05) is 12.1 Å². The normalized spacial score (nSPS) is 19.1. The van der Waals surface area contributed by atoms with Crippen molar-refractivity contribution in [3.05, 3.63) is 77.0 Å². The van der Waals surface area contributed by atoms with Crippen LogP contribution in [-0.2, 0) is 6.42 Å². The first kappa shape index (κ1) is 18.2. The van der Waals surface area contributed by atoms with E-state index in [0.29, 0.717) is 17.4 Å². The summed E-state index contributed by atoms with van der Waals surface area (Å²) in [6.07, 6.45) is 8.53. The van der Waals surface area contributed by atoms with Crippen LogP contribution in [0.15, 0.2) is 59.1 Å². The van der Waals surface area contributed by atoms with Crippen molar-refractivity contribution in [2.24, 2.45) is 0 Å². The number of fused-ring (bicyclic) bond motifs is 1. The molecule has 2 aromatic carbocycles. The Morgan fingerprint density at radius 3 is 2.59 bits per heavy atom. The summed E-state index contributed by atoms with van der Waals surface area (Å²) in [5.41, 5.74) is 5.23. The van der Waals surface area contributed by atoms with Gasteiger partial charge in [0, 0.05) is 11.6 Å². The van der Waals surface area contributed by atoms with E-state index in [1.165, 1.54) is 48.8 Å². The van der Waals surface area contributed by atoms with Gasteiger partial charge < -0.3 is 9.84 Å². The van der Waals surface area contributed by atoms with Crippen LogP contribution >= 0.6 is 0 Å². The molecule has 2 aliphatic carbocycles. The van der Waals surface area contributed by atoms with Crippen LogP contribution in [0.5, 0.6) is 0 Å². The second-order valence-electron chi connectivity index (χ2n) is 8.30. The number of carbonyl (C=O) groups excluding carboxylic acids is 1. The van der Waals surface area contributed by atoms with Crippen LogP contribution in [0.25, 0.3) is 11.3 Å². The molecule has 148 valence electrons. The summed E-state index contributed by atoms with van der Waals surface area (Å²) in [6, 6.07) is 18.6. The summed E-state index contributed by atoms with van der Waals surface area (Å²) in [6.45, 7) is 0. The molecule has 1 heterocycles. The van der Waals surface area contributed by atoms with Gasteiger partial charge in [0.2, 0.25) is 0 Å². The first-order chi connectivity index (χ1) is 14.3. The molecule has 1 saturated carbocycles. The van der Waals surface area contributed by atoms with Crippen LogP contribution in [0.2, 0.25) is 0 Å². The van der Waals surface area contributed by atoms with Crippen LogP contribution in [0.4, 0.5) is 0 Å². The van der Waals surface area contributed by atoms with Gasteiger partial charge in [-0.05, 0) is 48.3 Å². The zero-order valence-electron chi connectivity index (χ0n) is 16.6. The quantitative estimate of drug-likeness (QED) is 0.616. The second-order valence-corrected chi connectivity index (χ2v) is 8.30. The summed E-state index contributed by atoms with van der Waals surface area (Å²) in [7, 11) is 0. The molecule has 1 atom stereocenters. The van der Waals surface area contributed by atoms with Crippen LogP contribution in [0.1, 0.15) is 77.7 Å². The summed E-state index contributed by atoms with van der Waals surface area (Å²) in [4.78, 5) is 12.7. The first-order valence-corrected chi connectivity index (χ1v) is 10.7. The van der Waals surface area contributed by atoms with Gasteiger partial charge in [0.05, 0.1) is 6.04 Å². The van der Waals surface area contributed by atoms with Gasteiger partial charge in [-0.2, -0.15) is 0 Å². The third kappa shape index (κ3) is 3.71. The summed E-state index contributed by atoms with van der Waals surface area (Å²) >= 11 is 0. The minimum absolute atomic E-state index is 0.0497. The molecule has 1 aromatic heterocycles. The lowest BCUT2D eigenvalue weighted by atomic mass is 9.84. The van der Waals surface area contributed by atoms with Crippen molar-refractivity contribution >= 4 is 5.91 Å². The average Bonchev–Trinajstić information content (AvgIpc) is 3.43. The third-order valence-corrected chi connectivity index (χ3v) is 6.45. The molecular formula is C25H26N2O2. The Hall–Kier alpha value is -2.88. The molecule has 0 unspecified atom stereocenters. The maximum absolute atomic E-state index is 12.7. The molecule has 0 radical (unpaired) electrons. The molecule has 29 heavy (non-hydrogen) atoms. The van der Waals surface area contributed by atoms with E-state index >= 15 is 0 Å². The molecule has 3 aromatic rings. The van der Waals surface area contributed by atoms with Crippen molar-refractivity contribution in [1.29, 1.82) is 0 Å². The molecule has 4 heteroatoms. The van der Waals surface area contributed by atoms with E-state index < -0.39 is 0 Å². The van der Waals surface area contributed by atoms with Gasteiger partial charge in [0.1, 0.15) is 0 Å². The number of aryl methyl sites for hydroxylation is 1. The molecule has 1 fully saturated rings. The largest absolute Gasteiger partial charge is 0.355 e. The topological polar surface area (TPSA) is 55.1 Å². The highest BCUT2D eigenvalue weighted by molar-refractivity contribution is 5.93. The number of hydrogen-bond acceptors (Lipinski definition) is 3. The molecule has 0 saturated heterocycles. The van der Waals surface area contributed by atoms with Gasteiger partial charge in [-0.1, -0.05) is 73.0 Å². The predicted molar refractivity (Wildman–Crippen MR) is 113 cm³/mol. The van der Waals surface area contributed by atoms with Gasteiger partial charge >= 0.3 is 0 Å². The van der Waals surface area contributed by atoms with Crippen molar-refractivity contribution in [2.75, 3.05) is 0 Å². The Kier molecular flexibility index (Phi) is 4.92. The Morgan fingerprint density at radius 1 is 0.966 bits per heavy atom. The lowest BCUT2D eigenvalue weighted by Gasteiger charge is -2.21. The van der Waals surface area contributed by atoms with Crippen LogP contribution in [0, 0.1) is 0 Å². The fourth-order valence-corrected chi connectivity index (χ4v) is 4.81. The Balaban J connectivity index is 1.27. The monoisotopic (exact) mass is 386 g/mol. The first-order valence-electron chi connectivity index (χ1n) is 10.7. The van der Waals surface area contributed by atoms with Crippen molar-refractivity contribution in [1.82, 2.24) is 10.5 Å². The van der Waals surface area contributed by atoms with Gasteiger partial charge in [-0.25, -0.2) is 0 Å². The van der Waals surface area contributed by atoms with Crippen molar-refractivity contribution in [3.8, 4) is 11.3 Å². The molecule has 1 N–H and O–H groups in total. The number of rotatable bonds is 4. The zero-order valence-corrected chi connectivity index (χ0v) is 16.6. The molecule has 0 aliphatic heterocycles. The summed E-state index contributed by atoms with van der Waals surface area (Å²) in [5, 5.41) is 7.12. The van der Waals surface area contributed by atoms with Crippen LogP contribution in [0.3, 0.4) is 0 Å². The lowest BCUT2D eigenvalue weighted by molar-refractivity contribution is 0.0927. The Labute approximate surface area is 171 Å². The number of hydrogen-bond donors (Lipinski definition) is 1. The smallest absolute Gasteiger partial charge is 0.273 e. The zero-order chi connectivity index (χ0) is 19.6. The predicted octanol–water partition coefficient (Wildman–Crippen LogP) is 5.81. The summed E-state index contributed by atoms with van der Waals surface area (Å²) < 4.78 is 5.48. The maximum Gasteiger partial charge on any atom is 0.273 e. The molecule has 0 spiro atoms. The van der Waals surface area contributed by atoms with E-state index in [-0.39, 0.29) is 11.9 Å². The van der Waals surface area contributed by atoms with Crippen LogP contribution in [-0.4, -0.2) is 11.1 Å². The van der Waals surface area contributed by atoms with Crippen LogP contribution < -0.4 is 5.32 Å². The highest BCUT2D eigenvalue weighted by Crippen LogP contribution is 2.34. The summed E-state index contributed by atoms with van der Waals surface area (Å²) in [5.74, 6) is 1.14. The minimum Gasteiger partial charge on any atom is -0.355 e. The molecule has 2 aliphatic rings. The highest BCUT2D eigenvalue weighted by atomic mass is 16.5. The van der Waals surface area contributed by atoms with E-state index in [0.717, 1.165) is 18.4 Å². The minimum atomic E-state index is -0.180. The second kappa shape index (κ2) is 7.86. The fraction of sp³-hybridized carbons (Fsp3) is 0.360. The molecular weight excluding hydrogens is 360 g/mol. The highest BCUT2D eigenvalue weighted by Gasteiger charge is 2.25. The van der Waals surface area contributed by atoms with Crippen molar-refractivity contribution in [3.63, 3.8) is 0 Å². The molecule has 0 bridgehead atoms. The SMILES string of the molecule is O=C(N[C@@H]1CCc2ccccc21)c1cc(-c2ccc(C3CCCCC3)cc2)on1. The van der Waals surface area contributed by atoms with Crippen molar-refractivity contribution in [2.45, 2.75) is 56.9 Å². The Bertz CT molecular complexity index is 1000. The molecule has 5 rings (SSSR count). The molecule has 1 amide bonds. The number of amides is 1.